The molecule has 21 heavy (non-hydrogen) atoms. The van der Waals surface area contributed by atoms with Gasteiger partial charge in [0.15, 0.2) is 5.82 Å². The molecule has 0 saturated carbocycles. The summed E-state index contributed by atoms with van der Waals surface area (Å²) >= 11 is 0. The molecule has 5 nitrogen and oxygen atoms in total. The van der Waals surface area contributed by atoms with Gasteiger partial charge in [-0.25, -0.2) is 0 Å². The van der Waals surface area contributed by atoms with Gasteiger partial charge in [-0.1, -0.05) is 17.3 Å². The Kier molecular flexibility index (Phi) is 4.59. The topological polar surface area (TPSA) is 71.2 Å². The number of benzene rings is 1. The van der Waals surface area contributed by atoms with E-state index in [1.165, 1.54) is 12.1 Å². The largest absolute Gasteiger partial charge is 0.416 e. The number of nitrogens with zero attached hydrogens (tertiary/aromatic N) is 2. The second-order valence-electron chi connectivity index (χ2n) is 4.50. The third-order valence-corrected chi connectivity index (χ3v) is 2.79. The third-order valence-electron chi connectivity index (χ3n) is 2.79. The molecule has 1 aromatic carbocycles. The summed E-state index contributed by atoms with van der Waals surface area (Å²) in [4.78, 5) is 3.96. The molecule has 0 radical (unpaired) electrons. The molecule has 114 valence electrons. The minimum Gasteiger partial charge on any atom is -0.387 e. The van der Waals surface area contributed by atoms with E-state index in [1.807, 2.05) is 0 Å². The summed E-state index contributed by atoms with van der Waals surface area (Å²) in [6.07, 6.45) is -5.48. The summed E-state index contributed by atoms with van der Waals surface area (Å²) in [6, 6.07) is 4.61. The van der Waals surface area contributed by atoms with E-state index in [2.05, 4.69) is 15.5 Å². The zero-order chi connectivity index (χ0) is 15.5. The van der Waals surface area contributed by atoms with Crippen LogP contribution in [-0.2, 0) is 12.7 Å². The summed E-state index contributed by atoms with van der Waals surface area (Å²) < 4.78 is 42.5. The molecule has 8 heteroatoms. The maximum Gasteiger partial charge on any atom is 0.416 e. The van der Waals surface area contributed by atoms with Crippen LogP contribution in [0, 0.1) is 6.92 Å². The van der Waals surface area contributed by atoms with Gasteiger partial charge in [0, 0.05) is 13.5 Å². The van der Waals surface area contributed by atoms with Crippen LogP contribution in [0.25, 0.3) is 0 Å². The molecule has 0 fully saturated rings. The highest BCUT2D eigenvalue weighted by molar-refractivity contribution is 5.27. The third kappa shape index (κ3) is 4.27. The molecule has 2 N–H and O–H groups in total. The van der Waals surface area contributed by atoms with Crippen LogP contribution >= 0.6 is 0 Å². The summed E-state index contributed by atoms with van der Waals surface area (Å²) in [5.74, 6) is 0.842. The SMILES string of the molecule is Cc1nc(CNCC(O)c2cccc(C(F)(F)F)c2)no1. The van der Waals surface area contributed by atoms with Gasteiger partial charge in [-0.05, 0) is 17.7 Å². The number of hydrogen-bond acceptors (Lipinski definition) is 5. The minimum atomic E-state index is -4.43. The fourth-order valence-corrected chi connectivity index (χ4v) is 1.77. The van der Waals surface area contributed by atoms with Crippen LogP contribution in [-0.4, -0.2) is 21.8 Å². The second kappa shape index (κ2) is 6.23. The number of alkyl halides is 3. The predicted octanol–water partition coefficient (Wildman–Crippen LogP) is 2.22. The number of aliphatic hydroxyl groups is 1. The van der Waals surface area contributed by atoms with Crippen molar-refractivity contribution in [2.24, 2.45) is 0 Å². The van der Waals surface area contributed by atoms with Crippen LogP contribution in [0.5, 0.6) is 0 Å². The van der Waals surface area contributed by atoms with Crippen LogP contribution in [0.3, 0.4) is 0 Å². The Hall–Kier alpha value is -1.93. The van der Waals surface area contributed by atoms with Crippen molar-refractivity contribution >= 4 is 0 Å². The molecule has 0 aliphatic heterocycles. The molecule has 1 heterocycles. The van der Waals surface area contributed by atoms with Crippen LogP contribution < -0.4 is 5.32 Å². The highest BCUT2D eigenvalue weighted by atomic mass is 19.4. The highest BCUT2D eigenvalue weighted by Crippen LogP contribution is 2.30. The van der Waals surface area contributed by atoms with Gasteiger partial charge in [0.2, 0.25) is 5.89 Å². The predicted molar refractivity (Wildman–Crippen MR) is 67.1 cm³/mol. The molecule has 1 atom stereocenters. The average Bonchev–Trinajstić information content (AvgIpc) is 2.83. The standard InChI is InChI=1S/C13H14F3N3O2/c1-8-18-12(19-21-8)7-17-6-11(20)9-3-2-4-10(5-9)13(14,15)16/h2-5,11,17,20H,6-7H2,1H3. The lowest BCUT2D eigenvalue weighted by Crippen LogP contribution is -2.22. The van der Waals surface area contributed by atoms with Crippen molar-refractivity contribution in [3.63, 3.8) is 0 Å². The first-order chi connectivity index (χ1) is 9.86. The molecule has 0 amide bonds. The normalized spacial score (nSPS) is 13.4. The molecular weight excluding hydrogens is 287 g/mol. The van der Waals surface area contributed by atoms with Gasteiger partial charge >= 0.3 is 6.18 Å². The van der Waals surface area contributed by atoms with Gasteiger partial charge in [0.1, 0.15) is 0 Å². The smallest absolute Gasteiger partial charge is 0.387 e. The van der Waals surface area contributed by atoms with E-state index in [1.54, 1.807) is 6.92 Å². The summed E-state index contributed by atoms with van der Waals surface area (Å²) in [5.41, 5.74) is -0.588. The molecule has 0 saturated heterocycles. The Morgan fingerprint density at radius 2 is 2.14 bits per heavy atom. The monoisotopic (exact) mass is 301 g/mol. The first-order valence-electron chi connectivity index (χ1n) is 6.21. The molecule has 0 bridgehead atoms. The number of aromatic nitrogens is 2. The Morgan fingerprint density at radius 1 is 1.38 bits per heavy atom. The minimum absolute atomic E-state index is 0.0783. The van der Waals surface area contributed by atoms with Gasteiger partial charge < -0.3 is 14.9 Å². The van der Waals surface area contributed by atoms with Crippen LogP contribution in [0.4, 0.5) is 13.2 Å². The van der Waals surface area contributed by atoms with Crippen molar-refractivity contribution in [2.75, 3.05) is 6.54 Å². The number of nitrogens with one attached hydrogen (secondary N) is 1. The lowest BCUT2D eigenvalue weighted by molar-refractivity contribution is -0.137. The summed E-state index contributed by atoms with van der Waals surface area (Å²) in [7, 11) is 0. The first kappa shape index (κ1) is 15.5. The van der Waals surface area contributed by atoms with Gasteiger partial charge in [0.05, 0.1) is 18.2 Å². The number of hydrogen-bond donors (Lipinski definition) is 2. The van der Waals surface area contributed by atoms with E-state index in [0.717, 1.165) is 12.1 Å². The molecule has 2 rings (SSSR count). The van der Waals surface area contributed by atoms with E-state index in [0.29, 0.717) is 11.7 Å². The number of aryl methyl sites for hydroxylation is 1. The van der Waals surface area contributed by atoms with Gasteiger partial charge in [-0.3, -0.25) is 0 Å². The fourth-order valence-electron chi connectivity index (χ4n) is 1.77. The zero-order valence-electron chi connectivity index (χ0n) is 11.2. The number of rotatable bonds is 5. The van der Waals surface area contributed by atoms with Gasteiger partial charge in [-0.2, -0.15) is 18.2 Å². The van der Waals surface area contributed by atoms with Crippen molar-refractivity contribution in [1.82, 2.24) is 15.5 Å². The van der Waals surface area contributed by atoms with Crippen molar-refractivity contribution in [1.29, 1.82) is 0 Å². The van der Waals surface area contributed by atoms with Gasteiger partial charge in [-0.15, -0.1) is 0 Å². The lowest BCUT2D eigenvalue weighted by atomic mass is 10.1. The second-order valence-corrected chi connectivity index (χ2v) is 4.50. The van der Waals surface area contributed by atoms with E-state index in [4.69, 9.17) is 4.52 Å². The van der Waals surface area contributed by atoms with E-state index < -0.39 is 17.8 Å². The van der Waals surface area contributed by atoms with Crippen LogP contribution in [0.15, 0.2) is 28.8 Å². The zero-order valence-corrected chi connectivity index (χ0v) is 11.2. The summed E-state index contributed by atoms with van der Waals surface area (Å²) in [5, 5.41) is 16.4. The Balaban J connectivity index is 1.92. The fraction of sp³-hybridized carbons (Fsp3) is 0.385. The van der Waals surface area contributed by atoms with Crippen molar-refractivity contribution in [3.05, 3.63) is 47.1 Å². The maximum absolute atomic E-state index is 12.6. The molecule has 0 aliphatic rings. The molecule has 2 aromatic rings. The lowest BCUT2D eigenvalue weighted by Gasteiger charge is -2.14. The molecule has 1 aromatic heterocycles. The number of aliphatic hydroxyl groups excluding tert-OH is 1. The molecular formula is C13H14F3N3O2. The van der Waals surface area contributed by atoms with Crippen molar-refractivity contribution in [3.8, 4) is 0 Å². The summed E-state index contributed by atoms with van der Waals surface area (Å²) in [6.45, 7) is 1.98. The molecule has 0 spiro atoms. The quantitative estimate of drug-likeness (QED) is 0.886. The molecule has 0 aliphatic carbocycles. The Bertz CT molecular complexity index is 598. The maximum atomic E-state index is 12.6. The Labute approximate surface area is 118 Å². The van der Waals surface area contributed by atoms with Crippen LogP contribution in [0.2, 0.25) is 0 Å². The highest BCUT2D eigenvalue weighted by Gasteiger charge is 2.30. The Morgan fingerprint density at radius 3 is 2.76 bits per heavy atom. The van der Waals surface area contributed by atoms with Crippen molar-refractivity contribution in [2.45, 2.75) is 25.7 Å². The van der Waals surface area contributed by atoms with E-state index >= 15 is 0 Å². The van der Waals surface area contributed by atoms with Crippen LogP contribution in [0.1, 0.15) is 28.9 Å². The van der Waals surface area contributed by atoms with Gasteiger partial charge in [0.25, 0.3) is 0 Å². The van der Waals surface area contributed by atoms with E-state index in [-0.39, 0.29) is 18.7 Å². The first-order valence-corrected chi connectivity index (χ1v) is 6.21. The van der Waals surface area contributed by atoms with E-state index in [9.17, 15) is 18.3 Å². The number of halogens is 3. The molecule has 1 unspecified atom stereocenters. The van der Waals surface area contributed by atoms with Crippen molar-refractivity contribution < 1.29 is 22.8 Å². The average molecular weight is 301 g/mol.